The third kappa shape index (κ3) is 4.89. The molecule has 0 unspecified atom stereocenters. The number of aromatic hydroxyl groups is 2. The van der Waals surface area contributed by atoms with Crippen molar-refractivity contribution in [2.24, 2.45) is 0 Å². The molecule has 0 aliphatic rings. The summed E-state index contributed by atoms with van der Waals surface area (Å²) in [6, 6.07) is 13.6. The van der Waals surface area contributed by atoms with E-state index in [-0.39, 0.29) is 11.5 Å². The molecular weight excluding hydrogens is 272 g/mol. The van der Waals surface area contributed by atoms with Crippen LogP contribution in [-0.4, -0.2) is 36.6 Å². The average molecular weight is 290 g/mol. The van der Waals surface area contributed by atoms with E-state index in [1.807, 2.05) is 0 Å². The smallest absolute Gasteiger partial charge is 0.161 e. The van der Waals surface area contributed by atoms with E-state index < -0.39 is 0 Å². The monoisotopic (exact) mass is 290 g/mol. The minimum Gasteiger partial charge on any atom is -0.504 e. The molecule has 2 N–H and O–H groups in total. The zero-order valence-electron chi connectivity index (χ0n) is 11.6. The Morgan fingerprint density at radius 3 is 1.48 bits per heavy atom. The van der Waals surface area contributed by atoms with Gasteiger partial charge in [-0.05, 0) is 24.3 Å². The van der Waals surface area contributed by atoms with Crippen LogP contribution in [0.15, 0.2) is 48.5 Å². The highest BCUT2D eigenvalue weighted by molar-refractivity contribution is 5.38. The second-order valence-electron chi connectivity index (χ2n) is 4.24. The van der Waals surface area contributed by atoms with Crippen LogP contribution in [0.4, 0.5) is 0 Å². The number of ether oxygens (including phenoxy) is 3. The molecular formula is C16H18O5. The van der Waals surface area contributed by atoms with Crippen LogP contribution in [0.3, 0.4) is 0 Å². The lowest BCUT2D eigenvalue weighted by molar-refractivity contribution is 0.0751. The van der Waals surface area contributed by atoms with Crippen molar-refractivity contribution in [2.75, 3.05) is 26.4 Å². The fraction of sp³-hybridized carbons (Fsp3) is 0.250. The number of hydrogen-bond donors (Lipinski definition) is 2. The van der Waals surface area contributed by atoms with Crippen molar-refractivity contribution < 1.29 is 24.4 Å². The molecule has 2 rings (SSSR count). The predicted octanol–water partition coefficient (Wildman–Crippen LogP) is 2.57. The summed E-state index contributed by atoms with van der Waals surface area (Å²) < 4.78 is 16.1. The van der Waals surface area contributed by atoms with Crippen molar-refractivity contribution >= 4 is 0 Å². The average Bonchev–Trinajstić information content (AvgIpc) is 2.50. The number of benzene rings is 2. The van der Waals surface area contributed by atoms with Gasteiger partial charge in [0.05, 0.1) is 13.2 Å². The van der Waals surface area contributed by atoms with Crippen LogP contribution in [0.25, 0.3) is 0 Å². The van der Waals surface area contributed by atoms with E-state index in [9.17, 15) is 10.2 Å². The molecule has 0 spiro atoms. The van der Waals surface area contributed by atoms with Crippen LogP contribution in [0, 0.1) is 0 Å². The zero-order valence-corrected chi connectivity index (χ0v) is 11.6. The van der Waals surface area contributed by atoms with Gasteiger partial charge in [0.25, 0.3) is 0 Å². The van der Waals surface area contributed by atoms with Crippen LogP contribution in [-0.2, 0) is 4.74 Å². The van der Waals surface area contributed by atoms with Crippen LogP contribution in [0.2, 0.25) is 0 Å². The Kier molecular flexibility index (Phi) is 5.72. The van der Waals surface area contributed by atoms with E-state index in [1.165, 1.54) is 0 Å². The van der Waals surface area contributed by atoms with E-state index in [1.54, 1.807) is 48.5 Å². The van der Waals surface area contributed by atoms with Crippen LogP contribution >= 0.6 is 0 Å². The van der Waals surface area contributed by atoms with Crippen molar-refractivity contribution in [3.05, 3.63) is 48.5 Å². The van der Waals surface area contributed by atoms with Gasteiger partial charge in [-0.25, -0.2) is 0 Å². The molecule has 5 nitrogen and oxygen atoms in total. The van der Waals surface area contributed by atoms with Crippen molar-refractivity contribution in [3.63, 3.8) is 0 Å². The number of phenolic OH excluding ortho intramolecular Hbond substituents is 2. The molecule has 0 bridgehead atoms. The normalized spacial score (nSPS) is 10.3. The third-order valence-electron chi connectivity index (χ3n) is 2.70. The molecule has 0 fully saturated rings. The van der Waals surface area contributed by atoms with Gasteiger partial charge in [-0.3, -0.25) is 0 Å². The standard InChI is InChI=1S/C16H18O5/c17-13-5-1-3-7-15(13)20-11-9-19-10-12-21-16-8-4-2-6-14(16)18/h1-8,17-18H,9-12H2. The summed E-state index contributed by atoms with van der Waals surface area (Å²) in [6.45, 7) is 1.46. The Labute approximate surface area is 123 Å². The topological polar surface area (TPSA) is 68.2 Å². The van der Waals surface area contributed by atoms with Gasteiger partial charge in [-0.15, -0.1) is 0 Å². The first-order valence-corrected chi connectivity index (χ1v) is 6.66. The number of phenols is 2. The molecule has 0 aliphatic carbocycles. The van der Waals surface area contributed by atoms with Crippen molar-refractivity contribution in [3.8, 4) is 23.0 Å². The van der Waals surface area contributed by atoms with Gasteiger partial charge in [0.1, 0.15) is 13.2 Å². The molecule has 0 amide bonds. The molecule has 0 heterocycles. The van der Waals surface area contributed by atoms with Crippen LogP contribution in [0.5, 0.6) is 23.0 Å². The van der Waals surface area contributed by atoms with Gasteiger partial charge in [-0.1, -0.05) is 24.3 Å². The van der Waals surface area contributed by atoms with E-state index in [2.05, 4.69) is 0 Å². The maximum atomic E-state index is 9.49. The van der Waals surface area contributed by atoms with Crippen molar-refractivity contribution in [1.29, 1.82) is 0 Å². The molecule has 0 saturated carbocycles. The Morgan fingerprint density at radius 2 is 1.05 bits per heavy atom. The molecule has 112 valence electrons. The van der Waals surface area contributed by atoms with Gasteiger partial charge in [0.2, 0.25) is 0 Å². The third-order valence-corrected chi connectivity index (χ3v) is 2.70. The SMILES string of the molecule is Oc1ccccc1OCCOCCOc1ccccc1O. The second kappa shape index (κ2) is 8.01. The summed E-state index contributed by atoms with van der Waals surface area (Å²) in [5.74, 6) is 1.10. The summed E-state index contributed by atoms with van der Waals surface area (Å²) in [5, 5.41) is 19.0. The summed E-state index contributed by atoms with van der Waals surface area (Å²) in [4.78, 5) is 0. The molecule has 2 aromatic carbocycles. The van der Waals surface area contributed by atoms with E-state index in [4.69, 9.17) is 14.2 Å². The Bertz CT molecular complexity index is 506. The summed E-state index contributed by atoms with van der Waals surface area (Å²) in [7, 11) is 0. The molecule has 5 heteroatoms. The fourth-order valence-corrected chi connectivity index (χ4v) is 1.68. The highest BCUT2D eigenvalue weighted by atomic mass is 16.5. The zero-order chi connectivity index (χ0) is 14.9. The number of rotatable bonds is 8. The Morgan fingerprint density at radius 1 is 0.619 bits per heavy atom. The maximum absolute atomic E-state index is 9.49. The highest BCUT2D eigenvalue weighted by Crippen LogP contribution is 2.24. The minimum atomic E-state index is 0.111. The second-order valence-corrected chi connectivity index (χ2v) is 4.24. The Hall–Kier alpha value is -2.40. The van der Waals surface area contributed by atoms with Gasteiger partial charge in [-0.2, -0.15) is 0 Å². The lowest BCUT2D eigenvalue weighted by Crippen LogP contribution is -2.12. The summed E-state index contributed by atoms with van der Waals surface area (Å²) in [5.41, 5.74) is 0. The first-order valence-electron chi connectivity index (χ1n) is 6.66. The minimum absolute atomic E-state index is 0.111. The summed E-state index contributed by atoms with van der Waals surface area (Å²) >= 11 is 0. The maximum Gasteiger partial charge on any atom is 0.161 e. The quantitative estimate of drug-likeness (QED) is 0.731. The van der Waals surface area contributed by atoms with Gasteiger partial charge >= 0.3 is 0 Å². The van der Waals surface area contributed by atoms with Gasteiger partial charge < -0.3 is 24.4 Å². The molecule has 0 saturated heterocycles. The molecule has 0 aliphatic heterocycles. The largest absolute Gasteiger partial charge is 0.504 e. The van der Waals surface area contributed by atoms with E-state index >= 15 is 0 Å². The van der Waals surface area contributed by atoms with Crippen LogP contribution < -0.4 is 9.47 Å². The van der Waals surface area contributed by atoms with Crippen molar-refractivity contribution in [1.82, 2.24) is 0 Å². The van der Waals surface area contributed by atoms with E-state index in [0.29, 0.717) is 37.9 Å². The number of hydrogen-bond acceptors (Lipinski definition) is 5. The molecule has 0 aromatic heterocycles. The van der Waals surface area contributed by atoms with Gasteiger partial charge in [0.15, 0.2) is 23.0 Å². The first-order chi connectivity index (χ1) is 10.3. The fourth-order valence-electron chi connectivity index (χ4n) is 1.68. The highest BCUT2D eigenvalue weighted by Gasteiger charge is 2.01. The Balaban J connectivity index is 1.57. The van der Waals surface area contributed by atoms with E-state index in [0.717, 1.165) is 0 Å². The molecule has 2 aromatic rings. The van der Waals surface area contributed by atoms with Crippen LogP contribution in [0.1, 0.15) is 0 Å². The summed E-state index contributed by atoms with van der Waals surface area (Å²) in [6.07, 6.45) is 0. The molecule has 0 radical (unpaired) electrons. The molecule has 21 heavy (non-hydrogen) atoms. The number of para-hydroxylation sites is 4. The van der Waals surface area contributed by atoms with Gasteiger partial charge in [0, 0.05) is 0 Å². The van der Waals surface area contributed by atoms with Crippen molar-refractivity contribution in [2.45, 2.75) is 0 Å². The first kappa shape index (κ1) is 15.0. The molecule has 0 atom stereocenters. The lowest BCUT2D eigenvalue weighted by atomic mass is 10.3. The lowest BCUT2D eigenvalue weighted by Gasteiger charge is -2.09. The predicted molar refractivity (Wildman–Crippen MR) is 78.0 cm³/mol.